The summed E-state index contributed by atoms with van der Waals surface area (Å²) in [5.41, 5.74) is -0.597. The second kappa shape index (κ2) is 6.61. The minimum Gasteiger partial charge on any atom is -0.467 e. The van der Waals surface area contributed by atoms with Crippen LogP contribution in [0.15, 0.2) is 12.1 Å². The molecule has 1 unspecified atom stereocenters. The molecule has 0 aliphatic carbocycles. The van der Waals surface area contributed by atoms with Gasteiger partial charge in [-0.2, -0.15) is 0 Å². The van der Waals surface area contributed by atoms with Crippen molar-refractivity contribution in [3.8, 4) is 0 Å². The first kappa shape index (κ1) is 15.6. The first-order valence-corrected chi connectivity index (χ1v) is 6.07. The molecule has 19 heavy (non-hydrogen) atoms. The maximum absolute atomic E-state index is 13.4. The highest BCUT2D eigenvalue weighted by molar-refractivity contribution is 14.1. The molecule has 0 aliphatic rings. The number of hydrogen-bond donors (Lipinski definition) is 2. The van der Waals surface area contributed by atoms with E-state index in [-0.39, 0.29) is 9.26 Å². The van der Waals surface area contributed by atoms with Crippen LogP contribution in [0.4, 0.5) is 15.8 Å². The molecule has 0 fully saturated rings. The first-order valence-electron chi connectivity index (χ1n) is 4.99. The summed E-state index contributed by atoms with van der Waals surface area (Å²) in [6.45, 7) is -0.641. The smallest absolute Gasteiger partial charge is 0.330 e. The number of ether oxygens (including phenoxy) is 1. The van der Waals surface area contributed by atoms with Crippen LogP contribution in [-0.2, 0) is 9.53 Å². The van der Waals surface area contributed by atoms with E-state index in [9.17, 15) is 19.3 Å². The molecular weight excluding hydrogens is 374 g/mol. The van der Waals surface area contributed by atoms with Gasteiger partial charge in [0.15, 0.2) is 0 Å². The van der Waals surface area contributed by atoms with Gasteiger partial charge < -0.3 is 15.2 Å². The van der Waals surface area contributed by atoms with Crippen molar-refractivity contribution in [3.63, 3.8) is 0 Å². The third kappa shape index (κ3) is 3.73. The molecule has 2 N–H and O–H groups in total. The molecule has 0 radical (unpaired) electrons. The van der Waals surface area contributed by atoms with E-state index >= 15 is 0 Å². The Morgan fingerprint density at radius 3 is 2.79 bits per heavy atom. The summed E-state index contributed by atoms with van der Waals surface area (Å²) in [6.07, 6.45) is 0. The molecule has 1 rings (SSSR count). The van der Waals surface area contributed by atoms with Gasteiger partial charge in [-0.1, -0.05) is 0 Å². The molecule has 9 heteroatoms. The number of anilines is 1. The average Bonchev–Trinajstić information content (AvgIpc) is 2.38. The van der Waals surface area contributed by atoms with Crippen LogP contribution in [0.3, 0.4) is 0 Å². The fourth-order valence-corrected chi connectivity index (χ4v) is 1.76. The quantitative estimate of drug-likeness (QED) is 0.343. The topological polar surface area (TPSA) is 102 Å². The van der Waals surface area contributed by atoms with Crippen molar-refractivity contribution in [2.24, 2.45) is 0 Å². The summed E-state index contributed by atoms with van der Waals surface area (Å²) in [6, 6.07) is 0.721. The molecule has 1 atom stereocenters. The molecule has 0 aliphatic heterocycles. The Hall–Kier alpha value is -1.49. The Morgan fingerprint density at radius 2 is 2.32 bits per heavy atom. The van der Waals surface area contributed by atoms with E-state index in [1.807, 2.05) is 0 Å². The number of hydrogen-bond acceptors (Lipinski definition) is 6. The second-order valence-corrected chi connectivity index (χ2v) is 4.61. The minimum atomic E-state index is -1.21. The van der Waals surface area contributed by atoms with Crippen LogP contribution in [-0.4, -0.2) is 35.8 Å². The van der Waals surface area contributed by atoms with Crippen molar-refractivity contribution >= 4 is 39.9 Å². The Bertz CT molecular complexity index is 511. The molecule has 0 saturated heterocycles. The zero-order valence-electron chi connectivity index (χ0n) is 9.72. The van der Waals surface area contributed by atoms with E-state index in [2.05, 4.69) is 10.1 Å². The molecule has 0 spiro atoms. The SMILES string of the molecule is COC(=O)C(CO)Nc1cc(F)c(I)cc1[N+](=O)[O-]. The predicted octanol–water partition coefficient (Wildman–Crippen LogP) is 1.28. The number of nitrogens with one attached hydrogen (secondary N) is 1. The number of carbonyl (C=O) groups is 1. The molecule has 0 saturated carbocycles. The number of nitro groups is 1. The second-order valence-electron chi connectivity index (χ2n) is 3.44. The Labute approximate surface area is 121 Å². The van der Waals surface area contributed by atoms with Gasteiger partial charge in [-0.3, -0.25) is 10.1 Å². The van der Waals surface area contributed by atoms with Gasteiger partial charge >= 0.3 is 5.97 Å². The van der Waals surface area contributed by atoms with Crippen molar-refractivity contribution in [3.05, 3.63) is 31.6 Å². The normalized spacial score (nSPS) is 11.8. The number of rotatable bonds is 5. The summed E-state index contributed by atoms with van der Waals surface area (Å²) < 4.78 is 17.9. The van der Waals surface area contributed by atoms with Gasteiger partial charge in [0.1, 0.15) is 17.5 Å². The lowest BCUT2D eigenvalue weighted by Crippen LogP contribution is -2.34. The summed E-state index contributed by atoms with van der Waals surface area (Å²) in [5, 5.41) is 22.3. The fraction of sp³-hybridized carbons (Fsp3) is 0.300. The number of nitro benzene ring substituents is 1. The van der Waals surface area contributed by atoms with E-state index in [0.717, 1.165) is 19.2 Å². The molecule has 0 heterocycles. The molecule has 1 aromatic carbocycles. The number of esters is 1. The lowest BCUT2D eigenvalue weighted by atomic mass is 10.2. The summed E-state index contributed by atoms with van der Waals surface area (Å²) >= 11 is 1.62. The lowest BCUT2D eigenvalue weighted by Gasteiger charge is -2.15. The minimum absolute atomic E-state index is 0.0773. The van der Waals surface area contributed by atoms with Crippen molar-refractivity contribution < 1.29 is 24.0 Å². The highest BCUT2D eigenvalue weighted by Gasteiger charge is 2.24. The Morgan fingerprint density at radius 1 is 1.68 bits per heavy atom. The highest BCUT2D eigenvalue weighted by Crippen LogP contribution is 2.29. The fourth-order valence-electron chi connectivity index (χ4n) is 1.31. The largest absolute Gasteiger partial charge is 0.467 e. The van der Waals surface area contributed by atoms with Crippen LogP contribution in [0.5, 0.6) is 0 Å². The molecule has 1 aromatic rings. The number of benzene rings is 1. The monoisotopic (exact) mass is 384 g/mol. The number of aliphatic hydroxyl groups is 1. The third-order valence-corrected chi connectivity index (χ3v) is 3.06. The van der Waals surface area contributed by atoms with Crippen LogP contribution >= 0.6 is 22.6 Å². The van der Waals surface area contributed by atoms with Crippen LogP contribution in [0.25, 0.3) is 0 Å². The van der Waals surface area contributed by atoms with Gasteiger partial charge in [0.2, 0.25) is 0 Å². The molecule has 0 amide bonds. The van der Waals surface area contributed by atoms with Gasteiger partial charge in [0.05, 0.1) is 22.2 Å². The number of halogens is 2. The van der Waals surface area contributed by atoms with Gasteiger partial charge in [-0.15, -0.1) is 0 Å². The van der Waals surface area contributed by atoms with Crippen molar-refractivity contribution in [2.75, 3.05) is 19.0 Å². The standard InChI is InChI=1S/C10H10FIN2O5/c1-19-10(16)8(4-15)13-7-2-5(11)6(12)3-9(7)14(17)18/h2-3,8,13,15H,4H2,1H3. The average molecular weight is 384 g/mol. The van der Waals surface area contributed by atoms with Gasteiger partial charge in [-0.05, 0) is 22.6 Å². The van der Waals surface area contributed by atoms with Crippen molar-refractivity contribution in [2.45, 2.75) is 6.04 Å². The number of aliphatic hydroxyl groups excluding tert-OH is 1. The summed E-state index contributed by atoms with van der Waals surface area (Å²) in [7, 11) is 1.11. The van der Waals surface area contributed by atoms with Crippen LogP contribution in [0.1, 0.15) is 0 Å². The van der Waals surface area contributed by atoms with Gasteiger partial charge in [0, 0.05) is 12.1 Å². The third-order valence-electron chi connectivity index (χ3n) is 2.23. The zero-order chi connectivity index (χ0) is 14.6. The molecule has 104 valence electrons. The maximum Gasteiger partial charge on any atom is 0.330 e. The maximum atomic E-state index is 13.4. The van der Waals surface area contributed by atoms with E-state index in [1.165, 1.54) is 0 Å². The number of carbonyl (C=O) groups excluding carboxylic acids is 1. The molecule has 0 aromatic heterocycles. The number of methoxy groups -OCH3 is 1. The zero-order valence-corrected chi connectivity index (χ0v) is 11.9. The van der Waals surface area contributed by atoms with E-state index in [4.69, 9.17) is 5.11 Å². The van der Waals surface area contributed by atoms with Crippen molar-refractivity contribution in [1.82, 2.24) is 0 Å². The van der Waals surface area contributed by atoms with Crippen LogP contribution in [0, 0.1) is 19.5 Å². The number of nitrogens with zero attached hydrogens (tertiary/aromatic N) is 1. The predicted molar refractivity (Wildman–Crippen MR) is 72.3 cm³/mol. The van der Waals surface area contributed by atoms with Crippen LogP contribution < -0.4 is 5.32 Å². The van der Waals surface area contributed by atoms with E-state index < -0.39 is 35.0 Å². The van der Waals surface area contributed by atoms with Gasteiger partial charge in [-0.25, -0.2) is 9.18 Å². The Kier molecular flexibility index (Phi) is 5.42. The summed E-state index contributed by atoms with van der Waals surface area (Å²) in [5.74, 6) is -1.48. The van der Waals surface area contributed by atoms with E-state index in [0.29, 0.717) is 0 Å². The molecule has 0 bridgehead atoms. The van der Waals surface area contributed by atoms with Crippen LogP contribution in [0.2, 0.25) is 0 Å². The molecule has 7 nitrogen and oxygen atoms in total. The highest BCUT2D eigenvalue weighted by atomic mass is 127. The Balaban J connectivity index is 3.15. The van der Waals surface area contributed by atoms with Gasteiger partial charge in [0.25, 0.3) is 5.69 Å². The lowest BCUT2D eigenvalue weighted by molar-refractivity contribution is -0.384. The van der Waals surface area contributed by atoms with E-state index in [1.54, 1.807) is 22.6 Å². The first-order chi connectivity index (χ1) is 8.90. The van der Waals surface area contributed by atoms with Crippen molar-refractivity contribution in [1.29, 1.82) is 0 Å². The molecular formula is C10H10FIN2O5. The summed E-state index contributed by atoms with van der Waals surface area (Å²) in [4.78, 5) is 21.4.